The molecule has 0 spiro atoms. The van der Waals surface area contributed by atoms with Gasteiger partial charge >= 0.3 is 12.0 Å². The van der Waals surface area contributed by atoms with Gasteiger partial charge in [-0.1, -0.05) is 12.1 Å². The number of hydrogen-bond donors (Lipinski definition) is 3. The van der Waals surface area contributed by atoms with Crippen molar-refractivity contribution in [2.45, 2.75) is 36.0 Å². The summed E-state index contributed by atoms with van der Waals surface area (Å²) in [7, 11) is -2.52. The second-order valence-corrected chi connectivity index (χ2v) is 9.88. The summed E-state index contributed by atoms with van der Waals surface area (Å²) in [6.07, 6.45) is 0.930. The third kappa shape index (κ3) is 4.09. The highest BCUT2D eigenvalue weighted by atomic mass is 32.2. The molecule has 2 aliphatic rings. The van der Waals surface area contributed by atoms with Crippen LogP contribution in [0.25, 0.3) is 0 Å². The topological polar surface area (TPSA) is 150 Å². The van der Waals surface area contributed by atoms with Crippen LogP contribution >= 0.6 is 0 Å². The molecule has 2 aliphatic heterocycles. The highest BCUT2D eigenvalue weighted by Gasteiger charge is 2.56. The van der Waals surface area contributed by atoms with Gasteiger partial charge in [0.25, 0.3) is 0 Å². The second-order valence-electron chi connectivity index (χ2n) is 7.76. The number of benzene rings is 1. The van der Waals surface area contributed by atoms with E-state index in [-0.39, 0.29) is 32.0 Å². The summed E-state index contributed by atoms with van der Waals surface area (Å²) >= 11 is 0. The van der Waals surface area contributed by atoms with Crippen molar-refractivity contribution in [3.05, 3.63) is 29.8 Å². The molecule has 1 aromatic carbocycles. The maximum absolute atomic E-state index is 13.2. The Morgan fingerprint density at radius 3 is 2.43 bits per heavy atom. The van der Waals surface area contributed by atoms with E-state index in [2.05, 4.69) is 0 Å². The standard InChI is InChI=1S/C19H27N3O7S/c1-29-15-4-2-3-14(11-15)13-5-9-22(10-6-13)30(27,28)16-7-8-21(18(20)25)12-19(16,26)17(23)24/h2-4,11,13,16,26H,5-10,12H2,1H3,(H2,20,25)(H,23,24). The molecule has 2 amide bonds. The fourth-order valence-electron chi connectivity index (χ4n) is 4.29. The zero-order valence-corrected chi connectivity index (χ0v) is 17.5. The Labute approximate surface area is 175 Å². The van der Waals surface area contributed by atoms with Crippen LogP contribution in [0.5, 0.6) is 5.75 Å². The number of carboxylic acids is 1. The third-order valence-electron chi connectivity index (χ3n) is 6.05. The van der Waals surface area contributed by atoms with Gasteiger partial charge in [0.2, 0.25) is 10.0 Å². The van der Waals surface area contributed by atoms with Gasteiger partial charge in [-0.3, -0.25) is 0 Å². The van der Waals surface area contributed by atoms with Gasteiger partial charge in [-0.25, -0.2) is 22.3 Å². The summed E-state index contributed by atoms with van der Waals surface area (Å²) < 4.78 is 33.0. The Bertz CT molecular complexity index is 914. The van der Waals surface area contributed by atoms with Crippen molar-refractivity contribution in [1.29, 1.82) is 0 Å². The lowest BCUT2D eigenvalue weighted by Crippen LogP contribution is -2.66. The fourth-order valence-corrected chi connectivity index (χ4v) is 6.44. The molecule has 2 unspecified atom stereocenters. The molecule has 1 aromatic rings. The smallest absolute Gasteiger partial charge is 0.339 e. The summed E-state index contributed by atoms with van der Waals surface area (Å²) in [5.41, 5.74) is 3.63. The molecule has 10 nitrogen and oxygen atoms in total. The summed E-state index contributed by atoms with van der Waals surface area (Å²) in [5, 5.41) is 18.7. The molecule has 2 fully saturated rings. The molecule has 0 aromatic heterocycles. The highest BCUT2D eigenvalue weighted by molar-refractivity contribution is 7.89. The monoisotopic (exact) mass is 441 g/mol. The number of aliphatic carboxylic acids is 1. The lowest BCUT2D eigenvalue weighted by Gasteiger charge is -2.43. The van der Waals surface area contributed by atoms with Crippen molar-refractivity contribution in [2.75, 3.05) is 33.3 Å². The number of ether oxygens (including phenoxy) is 1. The number of rotatable bonds is 5. The van der Waals surface area contributed by atoms with Gasteiger partial charge in [-0.05, 0) is 42.9 Å². The highest BCUT2D eigenvalue weighted by Crippen LogP contribution is 2.35. The molecule has 2 saturated heterocycles. The van der Waals surface area contributed by atoms with E-state index in [1.165, 1.54) is 4.31 Å². The Balaban J connectivity index is 1.75. The number of hydrogen-bond acceptors (Lipinski definition) is 6. The minimum absolute atomic E-state index is 0.0326. The average Bonchev–Trinajstić information content (AvgIpc) is 2.73. The number of primary amides is 1. The van der Waals surface area contributed by atoms with Crippen LogP contribution in [0.3, 0.4) is 0 Å². The second kappa shape index (κ2) is 8.40. The Morgan fingerprint density at radius 1 is 1.20 bits per heavy atom. The van der Waals surface area contributed by atoms with Gasteiger partial charge in [0.1, 0.15) is 11.0 Å². The van der Waals surface area contributed by atoms with E-state index in [0.717, 1.165) is 16.2 Å². The van der Waals surface area contributed by atoms with E-state index in [9.17, 15) is 28.2 Å². The van der Waals surface area contributed by atoms with E-state index in [1.54, 1.807) is 7.11 Å². The molecular formula is C19H27N3O7S. The van der Waals surface area contributed by atoms with Crippen LogP contribution in [0.4, 0.5) is 4.79 Å². The number of aliphatic hydroxyl groups is 1. The van der Waals surface area contributed by atoms with Crippen molar-refractivity contribution >= 4 is 22.0 Å². The van der Waals surface area contributed by atoms with Gasteiger partial charge in [-0.2, -0.15) is 0 Å². The molecule has 0 aliphatic carbocycles. The van der Waals surface area contributed by atoms with Crippen LogP contribution in [-0.4, -0.2) is 84.0 Å². The van der Waals surface area contributed by atoms with E-state index >= 15 is 0 Å². The number of amides is 2. The van der Waals surface area contributed by atoms with Crippen molar-refractivity contribution in [3.63, 3.8) is 0 Å². The SMILES string of the molecule is COc1cccc(C2CCN(S(=O)(=O)C3CCN(C(N)=O)CC3(O)C(=O)O)CC2)c1. The number of β-amino-alcohol motifs (C(OH)–C–C–N with tert-alkyl or cyclic N) is 1. The number of nitrogens with two attached hydrogens (primary N) is 1. The molecule has 0 radical (unpaired) electrons. The molecule has 0 saturated carbocycles. The van der Waals surface area contributed by atoms with Crippen LogP contribution in [0.15, 0.2) is 24.3 Å². The molecule has 2 atom stereocenters. The van der Waals surface area contributed by atoms with Crippen molar-refractivity contribution in [2.24, 2.45) is 5.73 Å². The van der Waals surface area contributed by atoms with Crippen molar-refractivity contribution in [3.8, 4) is 5.75 Å². The quantitative estimate of drug-likeness (QED) is 0.589. The molecule has 30 heavy (non-hydrogen) atoms. The number of carbonyl (C=O) groups is 2. The summed E-state index contributed by atoms with van der Waals surface area (Å²) in [5.74, 6) is -0.801. The minimum Gasteiger partial charge on any atom is -0.497 e. The van der Waals surface area contributed by atoms with Gasteiger partial charge in [0.15, 0.2) is 5.60 Å². The molecule has 166 valence electrons. The minimum atomic E-state index is -4.11. The first-order chi connectivity index (χ1) is 14.1. The molecule has 0 bridgehead atoms. The number of urea groups is 1. The van der Waals surface area contributed by atoms with Crippen LogP contribution in [-0.2, 0) is 14.8 Å². The normalized spacial score (nSPS) is 26.3. The molecule has 11 heteroatoms. The van der Waals surface area contributed by atoms with E-state index in [1.807, 2.05) is 24.3 Å². The van der Waals surface area contributed by atoms with Gasteiger partial charge < -0.3 is 25.6 Å². The lowest BCUT2D eigenvalue weighted by molar-refractivity contribution is -0.162. The Morgan fingerprint density at radius 2 is 1.87 bits per heavy atom. The summed E-state index contributed by atoms with van der Waals surface area (Å²) in [4.78, 5) is 24.1. The Kier molecular flexibility index (Phi) is 6.25. The third-order valence-corrected chi connectivity index (χ3v) is 8.48. The molecule has 4 N–H and O–H groups in total. The van der Waals surface area contributed by atoms with Gasteiger partial charge in [-0.15, -0.1) is 0 Å². The number of likely N-dealkylation sites (tertiary alicyclic amines) is 1. The van der Waals surface area contributed by atoms with Gasteiger partial charge in [0, 0.05) is 19.6 Å². The maximum atomic E-state index is 13.2. The van der Waals surface area contributed by atoms with Crippen LogP contribution in [0.1, 0.15) is 30.7 Å². The van der Waals surface area contributed by atoms with Crippen molar-refractivity contribution < 1.29 is 33.0 Å². The van der Waals surface area contributed by atoms with E-state index in [4.69, 9.17) is 10.5 Å². The lowest BCUT2D eigenvalue weighted by atomic mass is 9.90. The van der Waals surface area contributed by atoms with E-state index < -0.39 is 39.4 Å². The summed E-state index contributed by atoms with van der Waals surface area (Å²) in [6, 6.07) is 6.73. The zero-order valence-electron chi connectivity index (χ0n) is 16.7. The van der Waals surface area contributed by atoms with Gasteiger partial charge in [0.05, 0.1) is 13.7 Å². The first-order valence-electron chi connectivity index (χ1n) is 9.72. The number of carbonyl (C=O) groups excluding carboxylic acids is 1. The number of methoxy groups -OCH3 is 1. The van der Waals surface area contributed by atoms with Crippen LogP contribution in [0, 0.1) is 0 Å². The zero-order chi connectivity index (χ0) is 22.1. The van der Waals surface area contributed by atoms with Crippen molar-refractivity contribution in [1.82, 2.24) is 9.21 Å². The maximum Gasteiger partial charge on any atom is 0.339 e. The average molecular weight is 442 g/mol. The number of nitrogens with zero attached hydrogens (tertiary/aromatic N) is 2. The predicted octanol–water partition coefficient (Wildman–Crippen LogP) is 0.173. The largest absolute Gasteiger partial charge is 0.497 e. The first-order valence-corrected chi connectivity index (χ1v) is 11.2. The molecule has 3 rings (SSSR count). The fraction of sp³-hybridized carbons (Fsp3) is 0.579. The first kappa shape index (κ1) is 22.3. The summed E-state index contributed by atoms with van der Waals surface area (Å²) in [6.45, 7) is -0.261. The molecular weight excluding hydrogens is 414 g/mol. The number of sulfonamides is 1. The number of piperidine rings is 2. The predicted molar refractivity (Wildman–Crippen MR) is 108 cm³/mol. The van der Waals surface area contributed by atoms with Crippen LogP contribution in [0.2, 0.25) is 0 Å². The van der Waals surface area contributed by atoms with E-state index in [0.29, 0.717) is 12.8 Å². The number of carboxylic acid groups (broad SMARTS) is 1. The van der Waals surface area contributed by atoms with Crippen LogP contribution < -0.4 is 10.5 Å². The Hall–Kier alpha value is -2.37. The molecule has 2 heterocycles.